The normalized spacial score (nSPS) is 20.8. The molecule has 2 fully saturated rings. The zero-order chi connectivity index (χ0) is 29.5. The first kappa shape index (κ1) is 29.6. The van der Waals surface area contributed by atoms with Gasteiger partial charge >= 0.3 is 6.09 Å². The van der Waals surface area contributed by atoms with Gasteiger partial charge < -0.3 is 29.6 Å². The Labute approximate surface area is 248 Å². The largest absolute Gasteiger partial charge is 0.494 e. The molecule has 9 nitrogen and oxygen atoms in total. The van der Waals surface area contributed by atoms with Crippen molar-refractivity contribution in [2.24, 2.45) is 0 Å². The molecule has 9 heteroatoms. The third kappa shape index (κ3) is 6.78. The van der Waals surface area contributed by atoms with Crippen molar-refractivity contribution < 1.29 is 19.1 Å². The molecule has 2 N–H and O–H groups in total. The Morgan fingerprint density at radius 1 is 1.07 bits per heavy atom. The fourth-order valence-corrected chi connectivity index (χ4v) is 6.16. The number of piperazine rings is 1. The smallest absolute Gasteiger partial charge is 0.407 e. The standard InChI is InChI=1S/C33H43N5O4/c1-23(2)24-13-15-27(16-14-24)42-20-17-26-21-34-18-19-37(26)32(39)30-31(25-9-5-4-6-10-25)38(22-35-30)29-12-8-7-11-28(29)36-33(40)41-3/h4-6,9-10,13-16,22-23,26,28-29,34H,7-8,11-12,17-21H2,1-3H3,(H,36,40)/t26-,28+,29+/m1/s1. The third-order valence-electron chi connectivity index (χ3n) is 8.50. The van der Waals surface area contributed by atoms with Crippen molar-refractivity contribution in [1.29, 1.82) is 0 Å². The number of ether oxygens (including phenoxy) is 2. The van der Waals surface area contributed by atoms with Gasteiger partial charge in [0.25, 0.3) is 5.91 Å². The maximum absolute atomic E-state index is 14.2. The van der Waals surface area contributed by atoms with Crippen molar-refractivity contribution in [3.05, 3.63) is 72.2 Å². The predicted octanol–water partition coefficient (Wildman–Crippen LogP) is 5.40. The lowest BCUT2D eigenvalue weighted by molar-refractivity contribution is 0.0601. The Bertz CT molecular complexity index is 1320. The lowest BCUT2D eigenvalue weighted by Gasteiger charge is -2.36. The highest BCUT2D eigenvalue weighted by molar-refractivity contribution is 5.98. The highest BCUT2D eigenvalue weighted by Crippen LogP contribution is 2.35. The first-order chi connectivity index (χ1) is 20.5. The van der Waals surface area contributed by atoms with Gasteiger partial charge in [-0.1, -0.05) is 69.2 Å². The second-order valence-corrected chi connectivity index (χ2v) is 11.5. The number of rotatable bonds is 9. The molecule has 1 saturated heterocycles. The maximum Gasteiger partial charge on any atom is 0.407 e. The molecule has 0 bridgehead atoms. The van der Waals surface area contributed by atoms with Crippen molar-refractivity contribution in [2.75, 3.05) is 33.4 Å². The summed E-state index contributed by atoms with van der Waals surface area (Å²) in [5, 5.41) is 6.47. The summed E-state index contributed by atoms with van der Waals surface area (Å²) in [6, 6.07) is 18.1. The van der Waals surface area contributed by atoms with Crippen molar-refractivity contribution in [3.63, 3.8) is 0 Å². The van der Waals surface area contributed by atoms with Crippen LogP contribution in [0.5, 0.6) is 5.75 Å². The summed E-state index contributed by atoms with van der Waals surface area (Å²) < 4.78 is 13.1. The average molecular weight is 574 g/mol. The number of alkyl carbamates (subject to hydrolysis) is 1. The van der Waals surface area contributed by atoms with Crippen LogP contribution in [-0.4, -0.2) is 71.9 Å². The Morgan fingerprint density at radius 2 is 1.83 bits per heavy atom. The molecule has 3 aromatic rings. The van der Waals surface area contributed by atoms with Crippen molar-refractivity contribution in [3.8, 4) is 17.0 Å². The molecule has 1 aliphatic heterocycles. The summed E-state index contributed by atoms with van der Waals surface area (Å²) in [5.74, 6) is 1.24. The fourth-order valence-electron chi connectivity index (χ4n) is 6.16. The molecular weight excluding hydrogens is 530 g/mol. The summed E-state index contributed by atoms with van der Waals surface area (Å²) in [4.78, 5) is 33.1. The Balaban J connectivity index is 1.37. The minimum absolute atomic E-state index is 0.0154. The quantitative estimate of drug-likeness (QED) is 0.356. The predicted molar refractivity (Wildman–Crippen MR) is 163 cm³/mol. The van der Waals surface area contributed by atoms with E-state index in [9.17, 15) is 9.59 Å². The summed E-state index contributed by atoms with van der Waals surface area (Å²) >= 11 is 0. The van der Waals surface area contributed by atoms with Crippen LogP contribution in [0, 0.1) is 0 Å². The molecule has 5 rings (SSSR count). The van der Waals surface area contributed by atoms with E-state index in [-0.39, 0.29) is 24.0 Å². The Kier molecular flexibility index (Phi) is 9.79. The van der Waals surface area contributed by atoms with Crippen LogP contribution < -0.4 is 15.4 Å². The number of hydrogen-bond acceptors (Lipinski definition) is 6. The van der Waals surface area contributed by atoms with Gasteiger partial charge in [-0.3, -0.25) is 4.79 Å². The van der Waals surface area contributed by atoms with Crippen molar-refractivity contribution >= 4 is 12.0 Å². The number of carbonyl (C=O) groups is 2. The van der Waals surface area contributed by atoms with Crippen LogP contribution in [0.4, 0.5) is 4.79 Å². The van der Waals surface area contributed by atoms with Crippen LogP contribution in [0.3, 0.4) is 0 Å². The van der Waals surface area contributed by atoms with Crippen LogP contribution in [0.15, 0.2) is 60.9 Å². The number of nitrogens with zero attached hydrogens (tertiary/aromatic N) is 3. The first-order valence-electron chi connectivity index (χ1n) is 15.2. The van der Waals surface area contributed by atoms with Gasteiger partial charge in [-0.05, 0) is 36.5 Å². The van der Waals surface area contributed by atoms with E-state index in [2.05, 4.69) is 41.2 Å². The molecule has 1 aromatic heterocycles. The Morgan fingerprint density at radius 3 is 2.57 bits per heavy atom. The summed E-state index contributed by atoms with van der Waals surface area (Å²) in [7, 11) is 1.38. The van der Waals surface area contributed by atoms with Crippen LogP contribution in [0.2, 0.25) is 0 Å². The molecule has 2 amide bonds. The van der Waals surface area contributed by atoms with Gasteiger partial charge in [0.2, 0.25) is 0 Å². The molecule has 2 aromatic carbocycles. The second kappa shape index (κ2) is 13.9. The topological polar surface area (TPSA) is 97.7 Å². The van der Waals surface area contributed by atoms with Gasteiger partial charge in [0.1, 0.15) is 5.75 Å². The molecule has 2 aliphatic rings. The number of benzene rings is 2. The number of imidazole rings is 1. The molecule has 0 spiro atoms. The summed E-state index contributed by atoms with van der Waals surface area (Å²) in [6.07, 6.45) is 5.84. The number of carbonyl (C=O) groups excluding carboxylic acids is 2. The van der Waals surface area contributed by atoms with E-state index >= 15 is 0 Å². The molecular formula is C33H43N5O4. The number of nitrogens with one attached hydrogen (secondary N) is 2. The van der Waals surface area contributed by atoms with E-state index in [0.717, 1.165) is 49.2 Å². The van der Waals surface area contributed by atoms with E-state index in [0.29, 0.717) is 37.7 Å². The fraction of sp³-hybridized carbons (Fsp3) is 0.485. The number of amides is 2. The van der Waals surface area contributed by atoms with Gasteiger partial charge in [-0.15, -0.1) is 0 Å². The lowest BCUT2D eigenvalue weighted by atomic mass is 9.89. The van der Waals surface area contributed by atoms with Crippen LogP contribution >= 0.6 is 0 Å². The highest BCUT2D eigenvalue weighted by atomic mass is 16.5. The Hall–Kier alpha value is -3.85. The molecule has 1 aliphatic carbocycles. The number of methoxy groups -OCH3 is 1. The zero-order valence-corrected chi connectivity index (χ0v) is 24.9. The molecule has 0 unspecified atom stereocenters. The van der Waals surface area contributed by atoms with Crippen LogP contribution in [0.25, 0.3) is 11.3 Å². The van der Waals surface area contributed by atoms with E-state index in [1.165, 1.54) is 12.7 Å². The van der Waals surface area contributed by atoms with Gasteiger partial charge in [0.15, 0.2) is 5.69 Å². The SMILES string of the molecule is COC(=O)N[C@H]1CCCC[C@@H]1n1cnc(C(=O)N2CCNC[C@H]2CCOc2ccc(C(C)C)cc2)c1-c1ccccc1. The average Bonchev–Trinajstić information content (AvgIpc) is 3.47. The number of aromatic nitrogens is 2. The van der Waals surface area contributed by atoms with Gasteiger partial charge in [-0.2, -0.15) is 0 Å². The van der Waals surface area contributed by atoms with E-state index < -0.39 is 6.09 Å². The second-order valence-electron chi connectivity index (χ2n) is 11.5. The molecule has 2 heterocycles. The van der Waals surface area contributed by atoms with E-state index in [1.807, 2.05) is 47.4 Å². The van der Waals surface area contributed by atoms with Gasteiger partial charge in [0.05, 0.1) is 37.8 Å². The van der Waals surface area contributed by atoms with Crippen molar-refractivity contribution in [1.82, 2.24) is 25.1 Å². The molecule has 3 atom stereocenters. The molecule has 1 saturated carbocycles. The van der Waals surface area contributed by atoms with E-state index in [4.69, 9.17) is 14.5 Å². The molecule has 0 radical (unpaired) electrons. The number of hydrogen-bond donors (Lipinski definition) is 2. The monoisotopic (exact) mass is 573 g/mol. The minimum atomic E-state index is -0.439. The van der Waals surface area contributed by atoms with E-state index in [1.54, 1.807) is 6.33 Å². The lowest BCUT2D eigenvalue weighted by Crippen LogP contribution is -2.54. The van der Waals surface area contributed by atoms with Crippen LogP contribution in [-0.2, 0) is 4.74 Å². The minimum Gasteiger partial charge on any atom is -0.494 e. The maximum atomic E-state index is 14.2. The summed E-state index contributed by atoms with van der Waals surface area (Å²) in [5.41, 5.74) is 3.45. The molecule has 224 valence electrons. The third-order valence-corrected chi connectivity index (χ3v) is 8.50. The molecule has 42 heavy (non-hydrogen) atoms. The summed E-state index contributed by atoms with van der Waals surface area (Å²) in [6.45, 7) is 6.90. The zero-order valence-electron chi connectivity index (χ0n) is 24.9. The highest BCUT2D eigenvalue weighted by Gasteiger charge is 2.35. The van der Waals surface area contributed by atoms with Gasteiger partial charge in [0, 0.05) is 37.7 Å². The van der Waals surface area contributed by atoms with Crippen molar-refractivity contribution in [2.45, 2.75) is 70.0 Å². The van der Waals surface area contributed by atoms with Crippen LogP contribution in [0.1, 0.15) is 74.0 Å². The first-order valence-corrected chi connectivity index (χ1v) is 15.2. The van der Waals surface area contributed by atoms with Gasteiger partial charge in [-0.25, -0.2) is 9.78 Å².